The molecule has 10 nitrogen and oxygen atoms in total. The lowest BCUT2D eigenvalue weighted by Crippen LogP contribution is -2.63. The summed E-state index contributed by atoms with van der Waals surface area (Å²) in [5, 5.41) is 30.4. The highest BCUT2D eigenvalue weighted by Gasteiger charge is 2.60. The highest BCUT2D eigenvalue weighted by molar-refractivity contribution is 8.03. The topological polar surface area (TPSA) is 137 Å². The van der Waals surface area contributed by atoms with Crippen molar-refractivity contribution in [1.29, 1.82) is 5.41 Å². The van der Waals surface area contributed by atoms with Crippen LogP contribution < -0.4 is 5.32 Å². The van der Waals surface area contributed by atoms with Gasteiger partial charge in [-0.3, -0.25) is 15.0 Å². The molecule has 0 bridgehead atoms. The Kier molecular flexibility index (Phi) is 6.01. The number of amides is 2. The average Bonchev–Trinajstić information content (AvgIpc) is 3.29. The number of rotatable bonds is 6. The summed E-state index contributed by atoms with van der Waals surface area (Å²) in [6.45, 7) is 6.56. The molecule has 4 heterocycles. The Morgan fingerprint density at radius 2 is 1.97 bits per heavy atom. The van der Waals surface area contributed by atoms with E-state index in [0.717, 1.165) is 0 Å². The summed E-state index contributed by atoms with van der Waals surface area (Å²) >= 11 is 1.45. The normalized spacial score (nSPS) is 34.0. The van der Waals surface area contributed by atoms with E-state index in [1.807, 2.05) is 16.7 Å². The standard InChI is InChI=1S/C20H29N5O5S/c1-10-15-14(11(2)26)19(28)25(15)16(20(29)30)17(10)31-12-7-13(22-8-12)18(27)24-5-3-23(9-21)4-6-24/h9-15,21-22,26H,3-8H2,1-2H3,(H,29,30)/t10?,11?,12?,13?,14?,15-/m0/s1. The van der Waals surface area contributed by atoms with Crippen molar-refractivity contribution in [2.75, 3.05) is 32.7 Å². The van der Waals surface area contributed by atoms with Crippen LogP contribution in [0.15, 0.2) is 10.6 Å². The maximum Gasteiger partial charge on any atom is 0.353 e. The second-order valence-corrected chi connectivity index (χ2v) is 10.0. The lowest BCUT2D eigenvalue weighted by atomic mass is 9.79. The molecule has 0 aromatic carbocycles. The van der Waals surface area contributed by atoms with Crippen LogP contribution in [0.4, 0.5) is 0 Å². The number of hydrogen-bond donors (Lipinski definition) is 4. The first-order chi connectivity index (χ1) is 14.7. The lowest BCUT2D eigenvalue weighted by Gasteiger charge is -2.46. The number of carbonyl (C=O) groups excluding carboxylic acids is 2. The molecule has 4 aliphatic rings. The first-order valence-corrected chi connectivity index (χ1v) is 11.5. The molecule has 0 aliphatic carbocycles. The predicted octanol–water partition coefficient (Wildman–Crippen LogP) is -0.645. The third kappa shape index (κ3) is 3.72. The van der Waals surface area contributed by atoms with Crippen LogP contribution in [0.5, 0.6) is 0 Å². The van der Waals surface area contributed by atoms with E-state index in [2.05, 4.69) is 5.32 Å². The van der Waals surface area contributed by atoms with Gasteiger partial charge in [0.05, 0.1) is 30.4 Å². The number of fused-ring (bicyclic) bond motifs is 1. The SMILES string of the molecule is CC(O)C1C(=O)N2C(C(=O)O)=C(SC3CNC(C(=O)N4CCN(C=N)CC4)C3)C(C)[C@@H]12. The van der Waals surface area contributed by atoms with Crippen LogP contribution in [-0.2, 0) is 14.4 Å². The van der Waals surface area contributed by atoms with E-state index in [4.69, 9.17) is 5.41 Å². The number of carboxylic acid groups (broad SMARTS) is 1. The smallest absolute Gasteiger partial charge is 0.353 e. The maximum atomic E-state index is 12.9. The van der Waals surface area contributed by atoms with Gasteiger partial charge in [-0.15, -0.1) is 11.8 Å². The lowest BCUT2D eigenvalue weighted by molar-refractivity contribution is -0.163. The van der Waals surface area contributed by atoms with Crippen molar-refractivity contribution in [2.45, 2.75) is 43.7 Å². The number of aliphatic hydroxyl groups excluding tert-OH is 1. The van der Waals surface area contributed by atoms with Gasteiger partial charge in [-0.2, -0.15) is 0 Å². The summed E-state index contributed by atoms with van der Waals surface area (Å²) in [6.07, 6.45) is 1.07. The van der Waals surface area contributed by atoms with Gasteiger partial charge in [-0.05, 0) is 13.3 Å². The molecule has 0 saturated carbocycles. The second-order valence-electron chi connectivity index (χ2n) is 8.70. The monoisotopic (exact) mass is 451 g/mol. The quantitative estimate of drug-likeness (QED) is 0.238. The highest BCUT2D eigenvalue weighted by atomic mass is 32.2. The van der Waals surface area contributed by atoms with Gasteiger partial charge in [0, 0.05) is 48.8 Å². The Bertz CT molecular complexity index is 825. The Hall–Kier alpha value is -2.11. The van der Waals surface area contributed by atoms with Crippen molar-refractivity contribution < 1.29 is 24.6 Å². The molecule has 170 valence electrons. The summed E-state index contributed by atoms with van der Waals surface area (Å²) in [4.78, 5) is 43.0. The molecule has 3 saturated heterocycles. The minimum atomic E-state index is -1.13. The number of carboxylic acids is 1. The fourth-order valence-corrected chi connectivity index (χ4v) is 6.61. The van der Waals surface area contributed by atoms with E-state index in [1.54, 1.807) is 6.92 Å². The van der Waals surface area contributed by atoms with Crippen molar-refractivity contribution in [3.05, 3.63) is 10.6 Å². The molecule has 0 aromatic heterocycles. The molecule has 4 rings (SSSR count). The largest absolute Gasteiger partial charge is 0.477 e. The Labute approximate surface area is 185 Å². The fourth-order valence-electron chi connectivity index (χ4n) is 5.13. The number of carbonyl (C=O) groups is 3. The molecule has 31 heavy (non-hydrogen) atoms. The summed E-state index contributed by atoms with van der Waals surface area (Å²) < 4.78 is 0. The molecule has 0 spiro atoms. The summed E-state index contributed by atoms with van der Waals surface area (Å²) in [6, 6.07) is -0.628. The zero-order valence-corrected chi connectivity index (χ0v) is 18.5. The average molecular weight is 452 g/mol. The third-order valence-corrected chi connectivity index (χ3v) is 8.31. The van der Waals surface area contributed by atoms with Crippen molar-refractivity contribution >= 4 is 35.9 Å². The first kappa shape index (κ1) is 22.1. The Morgan fingerprint density at radius 3 is 2.55 bits per heavy atom. The summed E-state index contributed by atoms with van der Waals surface area (Å²) in [5.41, 5.74) is 0.0296. The number of aliphatic hydroxyl groups is 1. The van der Waals surface area contributed by atoms with Gasteiger partial charge in [0.25, 0.3) is 0 Å². The zero-order chi connectivity index (χ0) is 22.4. The van der Waals surface area contributed by atoms with Gasteiger partial charge in [0.2, 0.25) is 11.8 Å². The Morgan fingerprint density at radius 1 is 1.29 bits per heavy atom. The van der Waals surface area contributed by atoms with E-state index in [0.29, 0.717) is 44.0 Å². The van der Waals surface area contributed by atoms with Crippen molar-refractivity contribution in [3.63, 3.8) is 0 Å². The number of aliphatic carboxylic acids is 1. The van der Waals surface area contributed by atoms with Gasteiger partial charge >= 0.3 is 5.97 Å². The minimum absolute atomic E-state index is 0.0296. The van der Waals surface area contributed by atoms with Gasteiger partial charge < -0.3 is 30.2 Å². The van der Waals surface area contributed by atoms with Crippen LogP contribution in [0.2, 0.25) is 0 Å². The number of β-lactam (4-membered cyclic amide) rings is 1. The summed E-state index contributed by atoms with van der Waals surface area (Å²) in [5.74, 6) is -2.15. The molecule has 4 aliphatic heterocycles. The van der Waals surface area contributed by atoms with Gasteiger partial charge in [0.1, 0.15) is 5.70 Å². The second kappa shape index (κ2) is 8.44. The molecule has 0 radical (unpaired) electrons. The van der Waals surface area contributed by atoms with Crippen molar-refractivity contribution in [1.82, 2.24) is 20.0 Å². The van der Waals surface area contributed by atoms with E-state index >= 15 is 0 Å². The molecular weight excluding hydrogens is 422 g/mol. The van der Waals surface area contributed by atoms with Gasteiger partial charge in [0.15, 0.2) is 0 Å². The van der Waals surface area contributed by atoms with Crippen LogP contribution in [0.3, 0.4) is 0 Å². The van der Waals surface area contributed by atoms with Gasteiger partial charge in [-0.1, -0.05) is 6.92 Å². The summed E-state index contributed by atoms with van der Waals surface area (Å²) in [7, 11) is 0. The zero-order valence-electron chi connectivity index (χ0n) is 17.7. The van der Waals surface area contributed by atoms with Crippen LogP contribution in [0.25, 0.3) is 0 Å². The number of piperazine rings is 1. The number of nitrogens with zero attached hydrogens (tertiary/aromatic N) is 3. The van der Waals surface area contributed by atoms with E-state index < -0.39 is 18.0 Å². The van der Waals surface area contributed by atoms with E-state index in [-0.39, 0.29) is 40.8 Å². The molecule has 5 unspecified atom stereocenters. The molecule has 4 N–H and O–H groups in total. The molecule has 11 heteroatoms. The highest BCUT2D eigenvalue weighted by Crippen LogP contribution is 2.51. The van der Waals surface area contributed by atoms with Crippen LogP contribution in [0.1, 0.15) is 20.3 Å². The number of nitrogens with one attached hydrogen (secondary N) is 2. The minimum Gasteiger partial charge on any atom is -0.477 e. The van der Waals surface area contributed by atoms with Crippen molar-refractivity contribution in [2.24, 2.45) is 11.8 Å². The van der Waals surface area contributed by atoms with E-state index in [9.17, 15) is 24.6 Å². The molecule has 3 fully saturated rings. The molecule has 2 amide bonds. The number of hydrogen-bond acceptors (Lipinski definition) is 7. The first-order valence-electron chi connectivity index (χ1n) is 10.7. The molecular formula is C20H29N5O5S. The van der Waals surface area contributed by atoms with Crippen LogP contribution in [-0.4, -0.2) is 105 Å². The number of thioether (sulfide) groups is 1. The van der Waals surface area contributed by atoms with Crippen LogP contribution >= 0.6 is 11.8 Å². The van der Waals surface area contributed by atoms with E-state index in [1.165, 1.54) is 23.0 Å². The molecule has 6 atom stereocenters. The van der Waals surface area contributed by atoms with Gasteiger partial charge in [-0.25, -0.2) is 4.79 Å². The third-order valence-electron chi connectivity index (χ3n) is 6.80. The van der Waals surface area contributed by atoms with Crippen molar-refractivity contribution in [3.8, 4) is 0 Å². The van der Waals surface area contributed by atoms with Crippen LogP contribution in [0, 0.1) is 17.2 Å². The maximum absolute atomic E-state index is 12.9. The Balaban J connectivity index is 1.42. The predicted molar refractivity (Wildman–Crippen MR) is 114 cm³/mol. The fraction of sp³-hybridized carbons (Fsp3) is 0.700. The molecule has 0 aromatic rings.